The van der Waals surface area contributed by atoms with Crippen molar-refractivity contribution in [2.24, 2.45) is 0 Å². The predicted molar refractivity (Wildman–Crippen MR) is 103 cm³/mol. The number of fused-ring (bicyclic) bond motifs is 2. The number of aromatic amines is 2. The Bertz CT molecular complexity index is 1050. The van der Waals surface area contributed by atoms with E-state index in [-0.39, 0.29) is 0 Å². The largest absolute Gasteiger partial charge is 0.381 e. The number of benzene rings is 2. The van der Waals surface area contributed by atoms with Gasteiger partial charge in [0.1, 0.15) is 5.69 Å². The van der Waals surface area contributed by atoms with Crippen LogP contribution in [0.15, 0.2) is 42.5 Å². The molecule has 4 aromatic rings. The van der Waals surface area contributed by atoms with E-state index in [9.17, 15) is 0 Å². The van der Waals surface area contributed by atoms with E-state index in [4.69, 9.17) is 0 Å². The van der Waals surface area contributed by atoms with Crippen LogP contribution in [0.1, 0.15) is 12.0 Å². The average Bonchev–Trinajstić information content (AvgIpc) is 3.32. The molecule has 1 saturated heterocycles. The second kappa shape index (κ2) is 5.63. The molecule has 0 amide bonds. The Hall–Kier alpha value is -2.79. The predicted octanol–water partition coefficient (Wildman–Crippen LogP) is 3.79. The molecule has 126 valence electrons. The number of H-pyrrole nitrogens is 2. The third-order valence-corrected chi connectivity index (χ3v) is 5.03. The summed E-state index contributed by atoms with van der Waals surface area (Å²) in [6.45, 7) is 4.22. The van der Waals surface area contributed by atoms with Gasteiger partial charge in [0.05, 0.1) is 11.2 Å². The summed E-state index contributed by atoms with van der Waals surface area (Å²) in [5.41, 5.74) is 6.63. The lowest BCUT2D eigenvalue weighted by Crippen LogP contribution is -2.21. The molecule has 0 aliphatic carbocycles. The van der Waals surface area contributed by atoms with E-state index in [1.54, 1.807) is 0 Å². The molecule has 1 atom stereocenters. The maximum absolute atomic E-state index is 4.56. The highest BCUT2D eigenvalue weighted by molar-refractivity contribution is 5.97. The third-order valence-electron chi connectivity index (χ3n) is 5.03. The summed E-state index contributed by atoms with van der Waals surface area (Å²) in [5.74, 6) is 0. The van der Waals surface area contributed by atoms with Gasteiger partial charge in [0.15, 0.2) is 0 Å². The van der Waals surface area contributed by atoms with E-state index in [1.807, 2.05) is 0 Å². The van der Waals surface area contributed by atoms with Crippen LogP contribution in [0.2, 0.25) is 0 Å². The highest BCUT2D eigenvalue weighted by Gasteiger charge is 2.15. The zero-order valence-electron chi connectivity index (χ0n) is 14.2. The van der Waals surface area contributed by atoms with Gasteiger partial charge >= 0.3 is 0 Å². The van der Waals surface area contributed by atoms with Gasteiger partial charge in [-0.1, -0.05) is 12.1 Å². The van der Waals surface area contributed by atoms with Crippen LogP contribution >= 0.6 is 0 Å². The Labute approximate surface area is 145 Å². The molecule has 2 aromatic carbocycles. The summed E-state index contributed by atoms with van der Waals surface area (Å²) in [7, 11) is 0. The van der Waals surface area contributed by atoms with E-state index < -0.39 is 0 Å². The van der Waals surface area contributed by atoms with Crippen molar-refractivity contribution in [2.45, 2.75) is 19.4 Å². The van der Waals surface area contributed by atoms with Gasteiger partial charge in [0, 0.05) is 34.6 Å². The van der Waals surface area contributed by atoms with Crippen molar-refractivity contribution in [1.82, 2.24) is 20.5 Å². The molecule has 25 heavy (non-hydrogen) atoms. The molecule has 1 aliphatic heterocycles. The lowest BCUT2D eigenvalue weighted by atomic mass is 10.1. The van der Waals surface area contributed by atoms with Gasteiger partial charge in [-0.3, -0.25) is 5.10 Å². The fourth-order valence-electron chi connectivity index (χ4n) is 3.69. The van der Waals surface area contributed by atoms with Gasteiger partial charge in [0.25, 0.3) is 0 Å². The van der Waals surface area contributed by atoms with Crippen LogP contribution in [0, 0.1) is 6.92 Å². The summed E-state index contributed by atoms with van der Waals surface area (Å²) in [6, 6.07) is 15.6. The van der Waals surface area contributed by atoms with E-state index in [1.165, 1.54) is 10.9 Å². The summed E-state index contributed by atoms with van der Waals surface area (Å²) < 4.78 is 0. The zero-order chi connectivity index (χ0) is 16.8. The van der Waals surface area contributed by atoms with Gasteiger partial charge in [0.2, 0.25) is 0 Å². The monoisotopic (exact) mass is 331 g/mol. The van der Waals surface area contributed by atoms with Crippen LogP contribution in [-0.4, -0.2) is 34.3 Å². The van der Waals surface area contributed by atoms with Gasteiger partial charge in [-0.15, -0.1) is 0 Å². The first-order chi connectivity index (χ1) is 12.3. The minimum atomic E-state index is 0.504. The molecule has 2 aromatic heterocycles. The molecule has 0 radical (unpaired) electrons. The Morgan fingerprint density at radius 2 is 2.04 bits per heavy atom. The number of hydrogen-bond donors (Lipinski definition) is 4. The van der Waals surface area contributed by atoms with Crippen molar-refractivity contribution in [3.8, 4) is 11.4 Å². The molecular formula is C20H21N5. The number of nitrogens with one attached hydrogen (secondary N) is 4. The molecule has 0 bridgehead atoms. The Kier molecular flexibility index (Phi) is 3.28. The van der Waals surface area contributed by atoms with E-state index >= 15 is 0 Å². The number of anilines is 1. The molecule has 4 N–H and O–H groups in total. The van der Waals surface area contributed by atoms with Crippen LogP contribution in [0.5, 0.6) is 0 Å². The highest BCUT2D eigenvalue weighted by atomic mass is 15.1. The van der Waals surface area contributed by atoms with Crippen LogP contribution in [0.4, 0.5) is 5.69 Å². The first-order valence-corrected chi connectivity index (χ1v) is 8.81. The standard InChI is InChI=1S/C20H21N5/c1-12-2-3-13-9-19(23-18(13)8-12)20-16-10-14(4-5-17(16)24-25-20)22-15-6-7-21-11-15/h2-5,8-10,15,21-23H,6-7,11H2,1H3,(H,24,25). The van der Waals surface area contributed by atoms with Gasteiger partial charge in [-0.05, 0) is 55.8 Å². The first kappa shape index (κ1) is 14.5. The minimum absolute atomic E-state index is 0.504. The number of aryl methyl sites for hydroxylation is 1. The maximum Gasteiger partial charge on any atom is 0.116 e. The molecular weight excluding hydrogens is 310 g/mol. The number of hydrogen-bond acceptors (Lipinski definition) is 3. The first-order valence-electron chi connectivity index (χ1n) is 8.81. The van der Waals surface area contributed by atoms with Gasteiger partial charge in [-0.2, -0.15) is 5.10 Å². The number of aromatic nitrogens is 3. The minimum Gasteiger partial charge on any atom is -0.381 e. The topological polar surface area (TPSA) is 68.5 Å². The lowest BCUT2D eigenvalue weighted by molar-refractivity contribution is 0.793. The van der Waals surface area contributed by atoms with Crippen LogP contribution in [0.25, 0.3) is 33.2 Å². The Balaban J connectivity index is 1.57. The van der Waals surface area contributed by atoms with Gasteiger partial charge in [-0.25, -0.2) is 0 Å². The second-order valence-electron chi connectivity index (χ2n) is 6.94. The fraction of sp³-hybridized carbons (Fsp3) is 0.250. The summed E-state index contributed by atoms with van der Waals surface area (Å²) in [4.78, 5) is 3.51. The van der Waals surface area contributed by atoms with Crippen molar-refractivity contribution in [1.29, 1.82) is 0 Å². The van der Waals surface area contributed by atoms with Crippen molar-refractivity contribution < 1.29 is 0 Å². The molecule has 1 aliphatic rings. The van der Waals surface area contributed by atoms with E-state index in [0.29, 0.717) is 6.04 Å². The fourth-order valence-corrected chi connectivity index (χ4v) is 3.69. The molecule has 5 rings (SSSR count). The average molecular weight is 331 g/mol. The molecule has 5 heteroatoms. The smallest absolute Gasteiger partial charge is 0.116 e. The van der Waals surface area contributed by atoms with Crippen LogP contribution in [0.3, 0.4) is 0 Å². The SMILES string of the molecule is Cc1ccc2cc(-c3n[nH]c4ccc(NC5CCNC5)cc34)[nH]c2c1. The summed E-state index contributed by atoms with van der Waals surface area (Å²) >= 11 is 0. The lowest BCUT2D eigenvalue weighted by Gasteiger charge is -2.12. The summed E-state index contributed by atoms with van der Waals surface area (Å²) in [6.07, 6.45) is 1.16. The van der Waals surface area contributed by atoms with Crippen molar-refractivity contribution in [3.05, 3.63) is 48.0 Å². The Morgan fingerprint density at radius 3 is 2.92 bits per heavy atom. The zero-order valence-corrected chi connectivity index (χ0v) is 14.2. The van der Waals surface area contributed by atoms with Crippen molar-refractivity contribution >= 4 is 27.5 Å². The molecule has 1 fully saturated rings. The highest BCUT2D eigenvalue weighted by Crippen LogP contribution is 2.30. The van der Waals surface area contributed by atoms with Crippen molar-refractivity contribution in [3.63, 3.8) is 0 Å². The number of rotatable bonds is 3. The van der Waals surface area contributed by atoms with Crippen molar-refractivity contribution in [2.75, 3.05) is 18.4 Å². The number of nitrogens with zero attached hydrogens (tertiary/aromatic N) is 1. The van der Waals surface area contributed by atoms with Crippen LogP contribution in [-0.2, 0) is 0 Å². The summed E-state index contributed by atoms with van der Waals surface area (Å²) in [5, 5.41) is 17.1. The van der Waals surface area contributed by atoms with Gasteiger partial charge < -0.3 is 15.6 Å². The maximum atomic E-state index is 4.56. The normalized spacial score (nSPS) is 17.6. The molecule has 5 nitrogen and oxygen atoms in total. The van der Waals surface area contributed by atoms with E-state index in [2.05, 4.69) is 75.2 Å². The van der Waals surface area contributed by atoms with Crippen LogP contribution < -0.4 is 10.6 Å². The molecule has 0 spiro atoms. The second-order valence-corrected chi connectivity index (χ2v) is 6.94. The molecule has 1 unspecified atom stereocenters. The third kappa shape index (κ3) is 2.57. The molecule has 3 heterocycles. The quantitative estimate of drug-likeness (QED) is 0.462. The Morgan fingerprint density at radius 1 is 1.08 bits per heavy atom. The molecule has 0 saturated carbocycles. The van der Waals surface area contributed by atoms with E-state index in [0.717, 1.165) is 53.0 Å².